The lowest BCUT2D eigenvalue weighted by atomic mass is 9.86. The highest BCUT2D eigenvalue weighted by molar-refractivity contribution is 4.97. The lowest BCUT2D eigenvalue weighted by Crippen LogP contribution is -2.50. The number of nitrogens with one attached hydrogen (secondary N) is 1. The van der Waals surface area contributed by atoms with Crippen LogP contribution >= 0.6 is 0 Å². The Balaban J connectivity index is 2.62. The van der Waals surface area contributed by atoms with Crippen molar-refractivity contribution in [2.24, 2.45) is 0 Å². The Kier molecular flexibility index (Phi) is 6.09. The van der Waals surface area contributed by atoms with Gasteiger partial charge in [-0.15, -0.1) is 0 Å². The van der Waals surface area contributed by atoms with Crippen LogP contribution in [0, 0.1) is 0 Å². The van der Waals surface area contributed by atoms with E-state index in [1.54, 1.807) is 7.11 Å². The molecule has 0 saturated heterocycles. The molecule has 0 radical (unpaired) electrons. The van der Waals surface area contributed by atoms with E-state index in [0.29, 0.717) is 6.04 Å². The van der Waals surface area contributed by atoms with Crippen LogP contribution in [-0.2, 0) is 9.47 Å². The molecule has 1 rings (SSSR count). The maximum atomic E-state index is 6.14. The van der Waals surface area contributed by atoms with Gasteiger partial charge in [-0.1, -0.05) is 12.8 Å². The van der Waals surface area contributed by atoms with Crippen molar-refractivity contribution in [2.75, 3.05) is 20.8 Å². The first-order valence-electron chi connectivity index (χ1n) is 7.36. The van der Waals surface area contributed by atoms with Gasteiger partial charge >= 0.3 is 0 Å². The van der Waals surface area contributed by atoms with Crippen molar-refractivity contribution >= 4 is 0 Å². The molecule has 0 amide bonds. The van der Waals surface area contributed by atoms with E-state index in [1.165, 1.54) is 25.7 Å². The van der Waals surface area contributed by atoms with Gasteiger partial charge in [0, 0.05) is 19.8 Å². The molecule has 1 aliphatic rings. The molecular weight excluding hydrogens is 226 g/mol. The molecule has 0 heterocycles. The van der Waals surface area contributed by atoms with Gasteiger partial charge in [0.25, 0.3) is 0 Å². The summed E-state index contributed by atoms with van der Waals surface area (Å²) < 4.78 is 11.7. The number of methoxy groups -OCH3 is 1. The van der Waals surface area contributed by atoms with Crippen molar-refractivity contribution in [3.8, 4) is 0 Å². The predicted molar refractivity (Wildman–Crippen MR) is 76.0 cm³/mol. The SMILES string of the molecule is CCOC1(C(CCC(C)(C)OC)NC)CCCC1. The van der Waals surface area contributed by atoms with Crippen molar-refractivity contribution in [1.82, 2.24) is 5.32 Å². The lowest BCUT2D eigenvalue weighted by molar-refractivity contribution is -0.0683. The molecule has 1 aliphatic carbocycles. The molecule has 1 atom stereocenters. The Morgan fingerprint density at radius 1 is 1.28 bits per heavy atom. The number of likely N-dealkylation sites (N-methyl/N-ethyl adjacent to an activating group) is 1. The largest absolute Gasteiger partial charge is 0.379 e. The highest BCUT2D eigenvalue weighted by atomic mass is 16.5. The van der Waals surface area contributed by atoms with Crippen LogP contribution in [-0.4, -0.2) is 38.0 Å². The molecule has 108 valence electrons. The summed E-state index contributed by atoms with van der Waals surface area (Å²) in [4.78, 5) is 0. The second-order valence-electron chi connectivity index (χ2n) is 6.05. The van der Waals surface area contributed by atoms with E-state index < -0.39 is 0 Å². The smallest absolute Gasteiger partial charge is 0.0834 e. The molecule has 3 nitrogen and oxygen atoms in total. The third-order valence-electron chi connectivity index (χ3n) is 4.45. The zero-order chi connectivity index (χ0) is 13.6. The molecule has 0 aromatic rings. The monoisotopic (exact) mass is 257 g/mol. The fourth-order valence-electron chi connectivity index (χ4n) is 3.12. The van der Waals surface area contributed by atoms with Crippen molar-refractivity contribution in [1.29, 1.82) is 0 Å². The molecule has 0 aliphatic heterocycles. The summed E-state index contributed by atoms with van der Waals surface area (Å²) in [5.41, 5.74) is 0.0223. The van der Waals surface area contributed by atoms with Gasteiger partial charge in [-0.05, 0) is 53.5 Å². The van der Waals surface area contributed by atoms with Gasteiger partial charge < -0.3 is 14.8 Å². The van der Waals surface area contributed by atoms with E-state index >= 15 is 0 Å². The van der Waals surface area contributed by atoms with Gasteiger partial charge in [0.15, 0.2) is 0 Å². The minimum absolute atomic E-state index is 0.0406. The molecule has 1 fully saturated rings. The Morgan fingerprint density at radius 2 is 1.89 bits per heavy atom. The Hall–Kier alpha value is -0.120. The fourth-order valence-corrected chi connectivity index (χ4v) is 3.12. The van der Waals surface area contributed by atoms with Crippen LogP contribution in [0.2, 0.25) is 0 Å². The number of rotatable bonds is 8. The molecule has 0 aromatic carbocycles. The third-order valence-corrected chi connectivity index (χ3v) is 4.45. The maximum absolute atomic E-state index is 6.14. The highest BCUT2D eigenvalue weighted by Crippen LogP contribution is 2.38. The minimum Gasteiger partial charge on any atom is -0.379 e. The average Bonchev–Trinajstić information content (AvgIpc) is 2.80. The topological polar surface area (TPSA) is 30.5 Å². The quantitative estimate of drug-likeness (QED) is 0.724. The first-order chi connectivity index (χ1) is 8.49. The normalized spacial score (nSPS) is 21.2. The second-order valence-corrected chi connectivity index (χ2v) is 6.05. The van der Waals surface area contributed by atoms with E-state index in [9.17, 15) is 0 Å². The van der Waals surface area contributed by atoms with Gasteiger partial charge in [0.05, 0.1) is 11.2 Å². The molecular formula is C15H31NO2. The molecule has 1 N–H and O–H groups in total. The Morgan fingerprint density at radius 3 is 2.33 bits per heavy atom. The summed E-state index contributed by atoms with van der Waals surface area (Å²) in [5.74, 6) is 0. The van der Waals surface area contributed by atoms with Gasteiger partial charge in [0.2, 0.25) is 0 Å². The van der Waals surface area contributed by atoms with Crippen LogP contribution in [0.5, 0.6) is 0 Å². The van der Waals surface area contributed by atoms with Gasteiger partial charge in [-0.3, -0.25) is 0 Å². The lowest BCUT2D eigenvalue weighted by Gasteiger charge is -2.38. The van der Waals surface area contributed by atoms with Crippen LogP contribution in [0.15, 0.2) is 0 Å². The van der Waals surface area contributed by atoms with Crippen LogP contribution in [0.3, 0.4) is 0 Å². The average molecular weight is 257 g/mol. The number of hydrogen-bond donors (Lipinski definition) is 1. The zero-order valence-electron chi connectivity index (χ0n) is 12.8. The second kappa shape index (κ2) is 6.88. The summed E-state index contributed by atoms with van der Waals surface area (Å²) in [7, 11) is 3.85. The predicted octanol–water partition coefficient (Wildman–Crippen LogP) is 3.13. The fraction of sp³-hybridized carbons (Fsp3) is 1.00. The summed E-state index contributed by atoms with van der Waals surface area (Å²) in [5, 5.41) is 3.49. The first-order valence-corrected chi connectivity index (χ1v) is 7.36. The standard InChI is InChI=1S/C15H31NO2/c1-6-18-15(10-7-8-11-15)13(16-4)9-12-14(2,3)17-5/h13,16H,6-12H2,1-5H3. The number of ether oxygens (including phenoxy) is 2. The summed E-state index contributed by atoms with van der Waals surface area (Å²) >= 11 is 0. The van der Waals surface area contributed by atoms with Gasteiger partial charge in [0.1, 0.15) is 0 Å². The molecule has 18 heavy (non-hydrogen) atoms. The molecule has 0 aromatic heterocycles. The Labute approximate surface area is 113 Å². The van der Waals surface area contributed by atoms with E-state index in [4.69, 9.17) is 9.47 Å². The maximum Gasteiger partial charge on any atom is 0.0834 e. The first kappa shape index (κ1) is 15.9. The van der Waals surface area contributed by atoms with Crippen molar-refractivity contribution in [3.05, 3.63) is 0 Å². The molecule has 3 heteroatoms. The van der Waals surface area contributed by atoms with E-state index in [0.717, 1.165) is 19.4 Å². The van der Waals surface area contributed by atoms with Crippen LogP contribution in [0.25, 0.3) is 0 Å². The van der Waals surface area contributed by atoms with Crippen molar-refractivity contribution in [3.63, 3.8) is 0 Å². The summed E-state index contributed by atoms with van der Waals surface area (Å²) in [6, 6.07) is 0.439. The van der Waals surface area contributed by atoms with Gasteiger partial charge in [-0.25, -0.2) is 0 Å². The van der Waals surface area contributed by atoms with E-state index in [2.05, 4.69) is 33.1 Å². The van der Waals surface area contributed by atoms with Crippen LogP contribution in [0.1, 0.15) is 59.3 Å². The third kappa shape index (κ3) is 3.94. The molecule has 0 spiro atoms. The van der Waals surface area contributed by atoms with Crippen molar-refractivity contribution < 1.29 is 9.47 Å². The van der Waals surface area contributed by atoms with Crippen molar-refractivity contribution in [2.45, 2.75) is 76.5 Å². The van der Waals surface area contributed by atoms with Gasteiger partial charge in [-0.2, -0.15) is 0 Å². The minimum atomic E-state index is -0.0406. The Bertz CT molecular complexity index is 235. The summed E-state index contributed by atoms with van der Waals surface area (Å²) in [6.45, 7) is 7.22. The highest BCUT2D eigenvalue weighted by Gasteiger charge is 2.41. The molecule has 1 unspecified atom stereocenters. The molecule has 1 saturated carbocycles. The molecule has 0 bridgehead atoms. The van der Waals surface area contributed by atoms with E-state index in [-0.39, 0.29) is 11.2 Å². The number of hydrogen-bond acceptors (Lipinski definition) is 3. The zero-order valence-corrected chi connectivity index (χ0v) is 12.8. The van der Waals surface area contributed by atoms with E-state index in [1.807, 2.05) is 0 Å². The van der Waals surface area contributed by atoms with Crippen LogP contribution < -0.4 is 5.32 Å². The van der Waals surface area contributed by atoms with Crippen LogP contribution in [0.4, 0.5) is 0 Å². The summed E-state index contributed by atoms with van der Waals surface area (Å²) in [6.07, 6.45) is 7.15.